The zero-order valence-corrected chi connectivity index (χ0v) is 15.6. The third-order valence-electron chi connectivity index (χ3n) is 4.32. The number of carboxylic acids is 1. The van der Waals surface area contributed by atoms with Crippen molar-refractivity contribution in [1.82, 2.24) is 5.32 Å². The van der Waals surface area contributed by atoms with Gasteiger partial charge in [0.15, 0.2) is 5.78 Å². The van der Waals surface area contributed by atoms with Crippen LogP contribution in [-0.4, -0.2) is 29.9 Å². The fourth-order valence-corrected chi connectivity index (χ4v) is 2.95. The maximum atomic E-state index is 12.6. The van der Waals surface area contributed by atoms with E-state index in [1.807, 2.05) is 25.1 Å². The largest absolute Gasteiger partial charge is 0.496 e. The second kappa shape index (κ2) is 8.98. The molecule has 0 fully saturated rings. The van der Waals surface area contributed by atoms with Gasteiger partial charge in [-0.2, -0.15) is 0 Å². The Hall–Kier alpha value is -3.15. The molecule has 0 radical (unpaired) electrons. The first-order chi connectivity index (χ1) is 12.8. The molecule has 2 aromatic carbocycles. The van der Waals surface area contributed by atoms with Gasteiger partial charge >= 0.3 is 5.97 Å². The standard InChI is InChI=1S/C21H23NO5/c1-13-6-4-5-7-17(13)18(12-21(25)26)22-20(24)11-16-10-15(14(2)23)8-9-19(16)27-3/h4-10,18H,11-12H2,1-3H3,(H,22,24)(H,25,26). The van der Waals surface area contributed by atoms with Gasteiger partial charge in [-0.3, -0.25) is 14.4 Å². The number of benzene rings is 2. The molecule has 0 aliphatic rings. The van der Waals surface area contributed by atoms with E-state index in [-0.39, 0.29) is 24.5 Å². The highest BCUT2D eigenvalue weighted by molar-refractivity contribution is 5.94. The van der Waals surface area contributed by atoms with Gasteiger partial charge in [0, 0.05) is 11.1 Å². The van der Waals surface area contributed by atoms with E-state index >= 15 is 0 Å². The highest BCUT2D eigenvalue weighted by Crippen LogP contribution is 2.23. The number of aliphatic carboxylic acids is 1. The molecule has 0 bridgehead atoms. The van der Waals surface area contributed by atoms with Crippen molar-refractivity contribution >= 4 is 17.7 Å². The summed E-state index contributed by atoms with van der Waals surface area (Å²) >= 11 is 0. The highest BCUT2D eigenvalue weighted by atomic mass is 16.5. The molecule has 0 spiro atoms. The molecule has 2 rings (SSSR count). The summed E-state index contributed by atoms with van der Waals surface area (Å²) in [6.07, 6.45) is -0.243. The summed E-state index contributed by atoms with van der Waals surface area (Å²) in [7, 11) is 1.49. The summed E-state index contributed by atoms with van der Waals surface area (Å²) in [5.74, 6) is -0.952. The number of nitrogens with one attached hydrogen (secondary N) is 1. The normalized spacial score (nSPS) is 11.5. The van der Waals surface area contributed by atoms with E-state index in [0.29, 0.717) is 16.9 Å². The van der Waals surface area contributed by atoms with E-state index in [0.717, 1.165) is 11.1 Å². The van der Waals surface area contributed by atoms with Crippen molar-refractivity contribution in [3.8, 4) is 5.75 Å². The zero-order valence-electron chi connectivity index (χ0n) is 15.6. The van der Waals surface area contributed by atoms with Gasteiger partial charge in [0.05, 0.1) is 26.0 Å². The van der Waals surface area contributed by atoms with Crippen molar-refractivity contribution in [3.63, 3.8) is 0 Å². The van der Waals surface area contributed by atoms with E-state index in [1.54, 1.807) is 24.3 Å². The van der Waals surface area contributed by atoms with Gasteiger partial charge in [0.2, 0.25) is 5.91 Å². The predicted molar refractivity (Wildman–Crippen MR) is 101 cm³/mol. The average molecular weight is 369 g/mol. The van der Waals surface area contributed by atoms with Crippen molar-refractivity contribution in [2.75, 3.05) is 7.11 Å². The number of carbonyl (C=O) groups excluding carboxylic acids is 2. The van der Waals surface area contributed by atoms with Gasteiger partial charge in [0.25, 0.3) is 0 Å². The Kier molecular flexibility index (Phi) is 6.71. The van der Waals surface area contributed by atoms with Crippen LogP contribution in [0.2, 0.25) is 0 Å². The van der Waals surface area contributed by atoms with E-state index in [9.17, 15) is 19.5 Å². The van der Waals surface area contributed by atoms with E-state index in [4.69, 9.17) is 4.74 Å². The van der Waals surface area contributed by atoms with Crippen molar-refractivity contribution in [2.45, 2.75) is 32.7 Å². The zero-order chi connectivity index (χ0) is 20.0. The number of Topliss-reactive ketones (excluding diaryl/α,β-unsaturated/α-hetero) is 1. The van der Waals surface area contributed by atoms with Crippen LogP contribution >= 0.6 is 0 Å². The Balaban J connectivity index is 2.23. The minimum atomic E-state index is -1.00. The number of hydrogen-bond acceptors (Lipinski definition) is 4. The summed E-state index contributed by atoms with van der Waals surface area (Å²) in [5.41, 5.74) is 2.72. The number of aryl methyl sites for hydroxylation is 1. The summed E-state index contributed by atoms with van der Waals surface area (Å²) in [6, 6.07) is 11.6. The molecule has 1 atom stereocenters. The maximum absolute atomic E-state index is 12.6. The Morgan fingerprint density at radius 2 is 1.85 bits per heavy atom. The van der Waals surface area contributed by atoms with Crippen molar-refractivity contribution in [3.05, 3.63) is 64.7 Å². The molecule has 2 aromatic rings. The summed E-state index contributed by atoms with van der Waals surface area (Å²) < 4.78 is 5.27. The molecular weight excluding hydrogens is 346 g/mol. The van der Waals surface area contributed by atoms with Crippen LogP contribution in [0.4, 0.5) is 0 Å². The minimum absolute atomic E-state index is 0.0215. The number of rotatable bonds is 8. The average Bonchev–Trinajstić information content (AvgIpc) is 2.61. The van der Waals surface area contributed by atoms with Crippen LogP contribution in [-0.2, 0) is 16.0 Å². The van der Waals surface area contributed by atoms with Gasteiger partial charge in [-0.1, -0.05) is 24.3 Å². The molecule has 6 heteroatoms. The van der Waals surface area contributed by atoms with Gasteiger partial charge in [-0.15, -0.1) is 0 Å². The number of amides is 1. The van der Waals surface area contributed by atoms with E-state index in [1.165, 1.54) is 14.0 Å². The van der Waals surface area contributed by atoms with E-state index < -0.39 is 12.0 Å². The first kappa shape index (κ1) is 20.2. The third kappa shape index (κ3) is 5.41. The Bertz CT molecular complexity index is 859. The van der Waals surface area contributed by atoms with Crippen LogP contribution in [0, 0.1) is 6.92 Å². The number of methoxy groups -OCH3 is 1. The monoisotopic (exact) mass is 369 g/mol. The number of ether oxygens (including phenoxy) is 1. The van der Waals surface area contributed by atoms with Gasteiger partial charge in [-0.05, 0) is 43.2 Å². The van der Waals surface area contributed by atoms with Crippen molar-refractivity contribution in [2.24, 2.45) is 0 Å². The first-order valence-electron chi connectivity index (χ1n) is 8.56. The van der Waals surface area contributed by atoms with Crippen molar-refractivity contribution < 1.29 is 24.2 Å². The second-order valence-corrected chi connectivity index (χ2v) is 6.33. The van der Waals surface area contributed by atoms with Gasteiger partial charge in [0.1, 0.15) is 5.75 Å². The number of carbonyl (C=O) groups is 3. The minimum Gasteiger partial charge on any atom is -0.496 e. The van der Waals surface area contributed by atoms with Crippen LogP contribution in [0.25, 0.3) is 0 Å². The number of carboxylic acid groups (broad SMARTS) is 1. The lowest BCUT2D eigenvalue weighted by molar-refractivity contribution is -0.137. The molecule has 1 unspecified atom stereocenters. The molecule has 0 saturated heterocycles. The summed E-state index contributed by atoms with van der Waals surface area (Å²) in [4.78, 5) is 35.4. The Morgan fingerprint density at radius 3 is 2.44 bits per heavy atom. The Labute approximate surface area is 158 Å². The van der Waals surface area contributed by atoms with Crippen molar-refractivity contribution in [1.29, 1.82) is 0 Å². The van der Waals surface area contributed by atoms with Crippen LogP contribution in [0.3, 0.4) is 0 Å². The topological polar surface area (TPSA) is 92.7 Å². The summed E-state index contributed by atoms with van der Waals surface area (Å²) in [5, 5.41) is 12.0. The molecule has 0 saturated carbocycles. The Morgan fingerprint density at radius 1 is 1.15 bits per heavy atom. The van der Waals surface area contributed by atoms with E-state index in [2.05, 4.69) is 5.32 Å². The highest BCUT2D eigenvalue weighted by Gasteiger charge is 2.20. The van der Waals surface area contributed by atoms with Gasteiger partial charge in [-0.25, -0.2) is 0 Å². The lowest BCUT2D eigenvalue weighted by Gasteiger charge is -2.20. The quantitative estimate of drug-likeness (QED) is 0.698. The first-order valence-corrected chi connectivity index (χ1v) is 8.56. The molecule has 0 aromatic heterocycles. The van der Waals surface area contributed by atoms with Crippen LogP contribution in [0.1, 0.15) is 46.4 Å². The molecular formula is C21H23NO5. The fraction of sp³-hybridized carbons (Fsp3) is 0.286. The third-order valence-corrected chi connectivity index (χ3v) is 4.32. The van der Waals surface area contributed by atoms with Crippen LogP contribution < -0.4 is 10.1 Å². The SMILES string of the molecule is COc1ccc(C(C)=O)cc1CC(=O)NC(CC(=O)O)c1ccccc1C. The molecule has 6 nitrogen and oxygen atoms in total. The van der Waals surface area contributed by atoms with Crippen LogP contribution in [0.15, 0.2) is 42.5 Å². The second-order valence-electron chi connectivity index (χ2n) is 6.33. The number of ketones is 1. The molecule has 0 aliphatic heterocycles. The predicted octanol–water partition coefficient (Wildman–Crippen LogP) is 3.08. The molecule has 0 aliphatic carbocycles. The fourth-order valence-electron chi connectivity index (χ4n) is 2.95. The lowest BCUT2D eigenvalue weighted by atomic mass is 9.98. The lowest BCUT2D eigenvalue weighted by Crippen LogP contribution is -2.32. The molecule has 0 heterocycles. The van der Waals surface area contributed by atoms with Gasteiger partial charge < -0.3 is 15.2 Å². The summed E-state index contributed by atoms with van der Waals surface area (Å²) in [6.45, 7) is 3.32. The maximum Gasteiger partial charge on any atom is 0.305 e. The molecule has 2 N–H and O–H groups in total. The number of hydrogen-bond donors (Lipinski definition) is 2. The smallest absolute Gasteiger partial charge is 0.305 e. The van der Waals surface area contributed by atoms with Crippen LogP contribution in [0.5, 0.6) is 5.75 Å². The molecule has 27 heavy (non-hydrogen) atoms. The molecule has 1 amide bonds. The molecule has 142 valence electrons.